The number of methoxy groups -OCH3 is 2. The molecule has 1 fully saturated rings. The third-order valence-electron chi connectivity index (χ3n) is 4.60. The summed E-state index contributed by atoms with van der Waals surface area (Å²) in [6.07, 6.45) is 3.83. The molecule has 1 aromatic carbocycles. The summed E-state index contributed by atoms with van der Waals surface area (Å²) < 4.78 is 18.6. The molecule has 1 N–H and O–H groups in total. The lowest BCUT2D eigenvalue weighted by Gasteiger charge is -2.34. The molecular weight excluding hydrogens is 473 g/mol. The average molecular weight is 501 g/mol. The van der Waals surface area contributed by atoms with Gasteiger partial charge in [0.15, 0.2) is 17.5 Å². The standard InChI is InChI=1S/C19H27N5O3.HI/c1-20-19(21-10-14-6-5-7-16(25-3)18(14)26-4)24-8-9-27-17(13-24)15-11-22-23(2)12-15;/h5-7,11-12,17H,8-10,13H2,1-4H3,(H,20,21);1H. The molecular formula is C19H28IN5O3. The van der Waals surface area contributed by atoms with Crippen molar-refractivity contribution in [2.24, 2.45) is 12.0 Å². The number of guanidine groups is 1. The Labute approximate surface area is 182 Å². The summed E-state index contributed by atoms with van der Waals surface area (Å²) in [6.45, 7) is 2.73. The number of hydrogen-bond donors (Lipinski definition) is 1. The normalized spacial score (nSPS) is 17.1. The van der Waals surface area contributed by atoms with Crippen molar-refractivity contribution in [2.75, 3.05) is 41.0 Å². The van der Waals surface area contributed by atoms with Crippen molar-refractivity contribution in [1.29, 1.82) is 0 Å². The second-order valence-electron chi connectivity index (χ2n) is 6.31. The molecule has 0 spiro atoms. The van der Waals surface area contributed by atoms with Crippen LogP contribution in [0.1, 0.15) is 17.2 Å². The Kier molecular flexibility index (Phi) is 8.36. The number of rotatable bonds is 5. The topological polar surface area (TPSA) is 73.1 Å². The van der Waals surface area contributed by atoms with Gasteiger partial charge in [-0.2, -0.15) is 5.10 Å². The molecule has 2 aromatic rings. The van der Waals surface area contributed by atoms with Gasteiger partial charge in [0, 0.05) is 44.5 Å². The molecule has 0 radical (unpaired) electrons. The van der Waals surface area contributed by atoms with E-state index in [2.05, 4.69) is 20.3 Å². The van der Waals surface area contributed by atoms with Crippen LogP contribution in [-0.4, -0.2) is 61.6 Å². The summed E-state index contributed by atoms with van der Waals surface area (Å²) in [6, 6.07) is 5.85. The molecule has 1 unspecified atom stereocenters. The van der Waals surface area contributed by atoms with Gasteiger partial charge in [-0.05, 0) is 6.07 Å². The van der Waals surface area contributed by atoms with Crippen LogP contribution in [-0.2, 0) is 18.3 Å². The minimum absolute atomic E-state index is 0. The van der Waals surface area contributed by atoms with Gasteiger partial charge in [-0.15, -0.1) is 24.0 Å². The SMILES string of the molecule is CN=C(NCc1cccc(OC)c1OC)N1CCOC(c2cnn(C)c2)C1.I. The quantitative estimate of drug-likeness (QED) is 0.385. The van der Waals surface area contributed by atoms with E-state index in [1.54, 1.807) is 25.9 Å². The Morgan fingerprint density at radius 3 is 2.82 bits per heavy atom. The summed E-state index contributed by atoms with van der Waals surface area (Å²) in [4.78, 5) is 6.64. The molecule has 1 aliphatic heterocycles. The summed E-state index contributed by atoms with van der Waals surface area (Å²) in [5.41, 5.74) is 2.09. The van der Waals surface area contributed by atoms with Crippen LogP contribution in [0.5, 0.6) is 11.5 Å². The van der Waals surface area contributed by atoms with Crippen LogP contribution in [0, 0.1) is 0 Å². The summed E-state index contributed by atoms with van der Waals surface area (Å²) in [7, 11) is 6.99. The van der Waals surface area contributed by atoms with Gasteiger partial charge in [0.05, 0.1) is 33.6 Å². The summed E-state index contributed by atoms with van der Waals surface area (Å²) in [5, 5.41) is 7.66. The Morgan fingerprint density at radius 2 is 2.18 bits per heavy atom. The third kappa shape index (κ3) is 5.07. The van der Waals surface area contributed by atoms with Crippen LogP contribution in [0.25, 0.3) is 0 Å². The summed E-state index contributed by atoms with van der Waals surface area (Å²) in [5.74, 6) is 2.28. The number of nitrogens with one attached hydrogen (secondary N) is 1. The first kappa shape index (κ1) is 22.3. The zero-order valence-electron chi connectivity index (χ0n) is 16.7. The van der Waals surface area contributed by atoms with Crippen molar-refractivity contribution >= 4 is 29.9 Å². The predicted octanol–water partition coefficient (Wildman–Crippen LogP) is 2.20. The molecule has 1 saturated heterocycles. The van der Waals surface area contributed by atoms with Crippen molar-refractivity contribution in [3.05, 3.63) is 41.7 Å². The zero-order chi connectivity index (χ0) is 19.2. The molecule has 0 bridgehead atoms. The van der Waals surface area contributed by atoms with E-state index in [0.717, 1.165) is 41.7 Å². The minimum Gasteiger partial charge on any atom is -0.493 e. The van der Waals surface area contributed by atoms with E-state index in [4.69, 9.17) is 14.2 Å². The molecule has 9 heteroatoms. The predicted molar refractivity (Wildman–Crippen MR) is 119 cm³/mol. The number of para-hydroxylation sites is 1. The van der Waals surface area contributed by atoms with E-state index >= 15 is 0 Å². The molecule has 1 atom stereocenters. The minimum atomic E-state index is -0.0163. The van der Waals surface area contributed by atoms with E-state index in [1.807, 2.05) is 37.6 Å². The van der Waals surface area contributed by atoms with Crippen molar-refractivity contribution in [2.45, 2.75) is 12.6 Å². The number of halogens is 1. The number of aromatic nitrogens is 2. The van der Waals surface area contributed by atoms with Crippen LogP contribution in [0.2, 0.25) is 0 Å². The molecule has 28 heavy (non-hydrogen) atoms. The van der Waals surface area contributed by atoms with Gasteiger partial charge in [-0.25, -0.2) is 0 Å². The number of hydrogen-bond acceptors (Lipinski definition) is 5. The molecule has 0 saturated carbocycles. The highest BCUT2D eigenvalue weighted by Gasteiger charge is 2.25. The maximum atomic E-state index is 5.92. The van der Waals surface area contributed by atoms with Crippen LogP contribution in [0.15, 0.2) is 35.6 Å². The largest absolute Gasteiger partial charge is 0.493 e. The number of aryl methyl sites for hydroxylation is 1. The van der Waals surface area contributed by atoms with Crippen LogP contribution < -0.4 is 14.8 Å². The van der Waals surface area contributed by atoms with E-state index in [1.165, 1.54) is 0 Å². The van der Waals surface area contributed by atoms with Crippen molar-refractivity contribution in [3.8, 4) is 11.5 Å². The first-order valence-corrected chi connectivity index (χ1v) is 8.92. The Balaban J connectivity index is 0.00000280. The molecule has 1 aliphatic rings. The first-order valence-electron chi connectivity index (χ1n) is 8.92. The molecule has 0 amide bonds. The summed E-state index contributed by atoms with van der Waals surface area (Å²) >= 11 is 0. The first-order chi connectivity index (χ1) is 13.2. The fourth-order valence-electron chi connectivity index (χ4n) is 3.25. The van der Waals surface area contributed by atoms with E-state index in [-0.39, 0.29) is 30.1 Å². The van der Waals surface area contributed by atoms with Crippen LogP contribution in [0.4, 0.5) is 0 Å². The number of benzene rings is 1. The van der Waals surface area contributed by atoms with Crippen molar-refractivity contribution in [1.82, 2.24) is 20.0 Å². The maximum absolute atomic E-state index is 5.92. The van der Waals surface area contributed by atoms with Crippen molar-refractivity contribution in [3.63, 3.8) is 0 Å². The van der Waals surface area contributed by atoms with E-state index in [9.17, 15) is 0 Å². The highest BCUT2D eigenvalue weighted by atomic mass is 127. The van der Waals surface area contributed by atoms with Crippen LogP contribution >= 0.6 is 24.0 Å². The maximum Gasteiger partial charge on any atom is 0.194 e. The molecule has 8 nitrogen and oxygen atoms in total. The number of aliphatic imine (C=N–C) groups is 1. The Bertz CT molecular complexity index is 796. The van der Waals surface area contributed by atoms with Crippen LogP contribution in [0.3, 0.4) is 0 Å². The highest BCUT2D eigenvalue weighted by molar-refractivity contribution is 14.0. The molecule has 0 aliphatic carbocycles. The number of nitrogens with zero attached hydrogens (tertiary/aromatic N) is 4. The fourth-order valence-corrected chi connectivity index (χ4v) is 3.25. The lowest BCUT2D eigenvalue weighted by molar-refractivity contribution is -0.00805. The van der Waals surface area contributed by atoms with Crippen molar-refractivity contribution < 1.29 is 14.2 Å². The van der Waals surface area contributed by atoms with Gasteiger partial charge in [-0.1, -0.05) is 12.1 Å². The molecule has 2 heterocycles. The molecule has 1 aromatic heterocycles. The zero-order valence-corrected chi connectivity index (χ0v) is 19.0. The fraction of sp³-hybridized carbons (Fsp3) is 0.474. The van der Waals surface area contributed by atoms with E-state index < -0.39 is 0 Å². The van der Waals surface area contributed by atoms with Gasteiger partial charge in [0.2, 0.25) is 0 Å². The highest BCUT2D eigenvalue weighted by Crippen LogP contribution is 2.30. The molecule has 154 valence electrons. The number of morpholine rings is 1. The van der Waals surface area contributed by atoms with Gasteiger partial charge < -0.3 is 24.4 Å². The smallest absolute Gasteiger partial charge is 0.194 e. The number of ether oxygens (including phenoxy) is 3. The van der Waals surface area contributed by atoms with Gasteiger partial charge in [0.1, 0.15) is 6.10 Å². The lowest BCUT2D eigenvalue weighted by atomic mass is 10.1. The Morgan fingerprint density at radius 1 is 1.36 bits per heavy atom. The van der Waals surface area contributed by atoms with Gasteiger partial charge >= 0.3 is 0 Å². The average Bonchev–Trinajstić information content (AvgIpc) is 3.14. The lowest BCUT2D eigenvalue weighted by Crippen LogP contribution is -2.47. The van der Waals surface area contributed by atoms with E-state index in [0.29, 0.717) is 13.2 Å². The Hall–Kier alpha value is -2.01. The van der Waals surface area contributed by atoms with Gasteiger partial charge in [-0.3, -0.25) is 9.67 Å². The second kappa shape index (κ2) is 10.5. The second-order valence-corrected chi connectivity index (χ2v) is 6.31. The monoisotopic (exact) mass is 501 g/mol. The molecule has 3 rings (SSSR count). The third-order valence-corrected chi connectivity index (χ3v) is 4.60. The van der Waals surface area contributed by atoms with Gasteiger partial charge in [0.25, 0.3) is 0 Å².